The Morgan fingerprint density at radius 2 is 1.69 bits per heavy atom. The Hall–Kier alpha value is -2.58. The molecule has 2 aliphatic heterocycles. The maximum Gasteiger partial charge on any atom is 0.573 e. The fourth-order valence-electron chi connectivity index (χ4n) is 4.75. The highest BCUT2D eigenvalue weighted by Crippen LogP contribution is 2.36. The second-order valence-corrected chi connectivity index (χ2v) is 12.2. The van der Waals surface area contributed by atoms with Crippen molar-refractivity contribution in [2.75, 3.05) is 13.1 Å². The second-order valence-electron chi connectivity index (χ2n) is 9.48. The zero-order chi connectivity index (χ0) is 28.9. The van der Waals surface area contributed by atoms with Crippen molar-refractivity contribution in [3.63, 3.8) is 0 Å². The van der Waals surface area contributed by atoms with E-state index in [0.29, 0.717) is 10.6 Å². The van der Waals surface area contributed by atoms with Crippen LogP contribution >= 0.6 is 23.2 Å². The van der Waals surface area contributed by atoms with Gasteiger partial charge in [0.2, 0.25) is 21.8 Å². The maximum atomic E-state index is 13.8. The summed E-state index contributed by atoms with van der Waals surface area (Å²) in [4.78, 5) is 29.1. The number of alkyl halides is 3. The zero-order valence-electron chi connectivity index (χ0n) is 20.7. The van der Waals surface area contributed by atoms with Crippen molar-refractivity contribution < 1.29 is 35.9 Å². The van der Waals surface area contributed by atoms with Crippen LogP contribution < -0.4 is 10.5 Å². The molecule has 3 atom stereocenters. The largest absolute Gasteiger partial charge is 0.573 e. The molecule has 15 heteroatoms. The fraction of sp³-hybridized carbons (Fsp3) is 0.417. The molecular formula is C24H25Cl2F3N4O5S. The summed E-state index contributed by atoms with van der Waals surface area (Å²) in [5, 5.41) is -0.0358. The number of amides is 2. The summed E-state index contributed by atoms with van der Waals surface area (Å²) in [6.45, 7) is 2.96. The molecule has 3 unspecified atom stereocenters. The minimum absolute atomic E-state index is 0.0757. The number of nitrogens with zero attached hydrogens (tertiary/aromatic N) is 3. The van der Waals surface area contributed by atoms with Gasteiger partial charge in [0.05, 0.1) is 17.6 Å². The van der Waals surface area contributed by atoms with Crippen LogP contribution in [0.15, 0.2) is 47.4 Å². The number of hydrogen-bond acceptors (Lipinski definition) is 6. The molecule has 2 aromatic rings. The first-order valence-electron chi connectivity index (χ1n) is 11.8. The Morgan fingerprint density at radius 3 is 2.26 bits per heavy atom. The lowest BCUT2D eigenvalue weighted by molar-refractivity contribution is -0.274. The van der Waals surface area contributed by atoms with Crippen LogP contribution in [0.5, 0.6) is 5.75 Å². The van der Waals surface area contributed by atoms with E-state index in [4.69, 9.17) is 28.9 Å². The van der Waals surface area contributed by atoms with E-state index < -0.39 is 62.8 Å². The number of fused-ring (bicyclic) bond motifs is 1. The normalized spacial score (nSPS) is 22.8. The zero-order valence-corrected chi connectivity index (χ0v) is 23.1. The first-order valence-corrected chi connectivity index (χ1v) is 14.0. The molecule has 0 saturated carbocycles. The van der Waals surface area contributed by atoms with Gasteiger partial charge in [-0.3, -0.25) is 9.59 Å². The fourth-order valence-corrected chi connectivity index (χ4v) is 6.99. The molecule has 9 nitrogen and oxygen atoms in total. The Labute approximate surface area is 233 Å². The highest BCUT2D eigenvalue weighted by atomic mass is 35.5. The van der Waals surface area contributed by atoms with Gasteiger partial charge in [0.1, 0.15) is 22.9 Å². The smallest absolute Gasteiger partial charge is 0.406 e. The summed E-state index contributed by atoms with van der Waals surface area (Å²) in [5.74, 6) is -1.67. The van der Waals surface area contributed by atoms with Crippen LogP contribution in [0.25, 0.3) is 0 Å². The van der Waals surface area contributed by atoms with Crippen LogP contribution in [-0.2, 0) is 26.0 Å². The third kappa shape index (κ3) is 5.97. The highest BCUT2D eigenvalue weighted by Gasteiger charge is 2.53. The average Bonchev–Trinajstić information content (AvgIpc) is 2.82. The lowest BCUT2D eigenvalue weighted by Crippen LogP contribution is -2.75. The molecule has 2 heterocycles. The minimum atomic E-state index is -5.00. The summed E-state index contributed by atoms with van der Waals surface area (Å²) in [6, 6.07) is 6.44. The highest BCUT2D eigenvalue weighted by molar-refractivity contribution is 7.89. The molecule has 2 N–H and O–H groups in total. The van der Waals surface area contributed by atoms with Crippen LogP contribution in [-0.4, -0.2) is 78.1 Å². The summed E-state index contributed by atoms with van der Waals surface area (Å²) in [6.07, 6.45) is -6.06. The van der Waals surface area contributed by atoms with Gasteiger partial charge in [0.25, 0.3) is 0 Å². The summed E-state index contributed by atoms with van der Waals surface area (Å²) >= 11 is 12.1. The van der Waals surface area contributed by atoms with E-state index in [2.05, 4.69) is 4.74 Å². The molecule has 0 radical (unpaired) electrons. The Morgan fingerprint density at radius 1 is 1.05 bits per heavy atom. The number of hydrogen-bond donors (Lipinski definition) is 1. The number of carbonyl (C=O) groups is 2. The number of rotatable bonds is 6. The van der Waals surface area contributed by atoms with E-state index in [1.807, 2.05) is 0 Å². The van der Waals surface area contributed by atoms with Crippen molar-refractivity contribution in [2.24, 2.45) is 5.73 Å². The van der Waals surface area contributed by atoms with Gasteiger partial charge in [-0.05, 0) is 43.7 Å². The number of sulfonamides is 1. The van der Waals surface area contributed by atoms with E-state index in [9.17, 15) is 31.2 Å². The Balaban J connectivity index is 1.76. The quantitative estimate of drug-likeness (QED) is 0.539. The van der Waals surface area contributed by atoms with E-state index >= 15 is 0 Å². The van der Waals surface area contributed by atoms with Gasteiger partial charge >= 0.3 is 6.36 Å². The van der Waals surface area contributed by atoms with Gasteiger partial charge in [0, 0.05) is 30.1 Å². The molecule has 2 amide bonds. The Kier molecular flexibility index (Phi) is 8.12. The molecule has 4 rings (SSSR count). The van der Waals surface area contributed by atoms with Crippen molar-refractivity contribution in [2.45, 2.75) is 55.8 Å². The molecule has 2 aromatic carbocycles. The van der Waals surface area contributed by atoms with E-state index in [1.54, 1.807) is 38.1 Å². The van der Waals surface area contributed by atoms with Gasteiger partial charge in [0.15, 0.2) is 0 Å². The SMILES string of the molecule is CC(C)N1CC2N(C(=O)C(N)CN2S(=O)(=O)c2ccc(OC(F)(F)F)cc2Cl)C(Cc2ccc(Cl)cc2)C1=O. The van der Waals surface area contributed by atoms with Crippen molar-refractivity contribution >= 4 is 45.0 Å². The van der Waals surface area contributed by atoms with Crippen LogP contribution in [0, 0.1) is 0 Å². The standard InChI is InChI=1S/C24H25Cl2F3N4O5S/c1-13(2)31-12-21-32(39(36,37)20-8-7-16(10-17(20)26)38-24(27,28)29)11-18(30)22(34)33(21)19(23(31)35)9-14-3-5-15(25)6-4-14/h3-8,10,13,18-19,21H,9,11-12,30H2,1-2H3. The molecule has 39 heavy (non-hydrogen) atoms. The van der Waals surface area contributed by atoms with E-state index in [0.717, 1.165) is 22.5 Å². The third-order valence-corrected chi connectivity index (χ3v) is 9.15. The lowest BCUT2D eigenvalue weighted by Gasteiger charge is -2.53. The van der Waals surface area contributed by atoms with Crippen LogP contribution in [0.3, 0.4) is 0 Å². The summed E-state index contributed by atoms with van der Waals surface area (Å²) in [7, 11) is -4.51. The molecule has 2 fully saturated rings. The molecule has 0 bridgehead atoms. The number of halogens is 5. The third-order valence-electron chi connectivity index (χ3n) is 6.55. The van der Waals surface area contributed by atoms with Crippen LogP contribution in [0.1, 0.15) is 19.4 Å². The van der Waals surface area contributed by atoms with Crippen LogP contribution in [0.2, 0.25) is 10.0 Å². The van der Waals surface area contributed by atoms with Crippen LogP contribution in [0.4, 0.5) is 13.2 Å². The van der Waals surface area contributed by atoms with Gasteiger partial charge in [-0.15, -0.1) is 13.2 Å². The topological polar surface area (TPSA) is 113 Å². The molecule has 0 aromatic heterocycles. The minimum Gasteiger partial charge on any atom is -0.406 e. The average molecular weight is 609 g/mol. The van der Waals surface area contributed by atoms with Crippen molar-refractivity contribution in [3.8, 4) is 5.75 Å². The van der Waals surface area contributed by atoms with Crippen molar-refractivity contribution in [1.82, 2.24) is 14.1 Å². The summed E-state index contributed by atoms with van der Waals surface area (Å²) in [5.41, 5.74) is 6.77. The number of benzene rings is 2. The van der Waals surface area contributed by atoms with Gasteiger partial charge < -0.3 is 20.3 Å². The first-order chi connectivity index (χ1) is 18.1. The number of carbonyl (C=O) groups excluding carboxylic acids is 2. The molecule has 0 spiro atoms. The predicted octanol–water partition coefficient (Wildman–Crippen LogP) is 3.24. The predicted molar refractivity (Wildman–Crippen MR) is 136 cm³/mol. The second kappa shape index (κ2) is 10.8. The number of ether oxygens (including phenoxy) is 1. The van der Waals surface area contributed by atoms with Gasteiger partial charge in [-0.25, -0.2) is 8.42 Å². The monoisotopic (exact) mass is 608 g/mol. The number of piperazine rings is 1. The molecule has 2 aliphatic rings. The van der Waals surface area contributed by atoms with Gasteiger partial charge in [-0.2, -0.15) is 4.31 Å². The molecule has 2 saturated heterocycles. The van der Waals surface area contributed by atoms with E-state index in [1.165, 1.54) is 9.80 Å². The first kappa shape index (κ1) is 29.4. The molecule has 212 valence electrons. The lowest BCUT2D eigenvalue weighted by atomic mass is 9.96. The van der Waals surface area contributed by atoms with E-state index in [-0.39, 0.29) is 24.9 Å². The summed E-state index contributed by atoms with van der Waals surface area (Å²) < 4.78 is 70.4. The Bertz CT molecular complexity index is 1370. The maximum absolute atomic E-state index is 13.8. The van der Waals surface area contributed by atoms with Crippen molar-refractivity contribution in [1.29, 1.82) is 0 Å². The number of nitrogens with two attached hydrogens (primary N) is 1. The molecule has 0 aliphatic carbocycles. The van der Waals surface area contributed by atoms with Gasteiger partial charge in [-0.1, -0.05) is 35.3 Å². The molecular weight excluding hydrogens is 584 g/mol. The van der Waals surface area contributed by atoms with Crippen molar-refractivity contribution in [3.05, 3.63) is 58.1 Å².